The van der Waals surface area contributed by atoms with Gasteiger partial charge in [0.1, 0.15) is 31.0 Å². The first-order valence-corrected chi connectivity index (χ1v) is 19.3. The van der Waals surface area contributed by atoms with Gasteiger partial charge in [0.15, 0.2) is 12.4 Å². The van der Waals surface area contributed by atoms with Gasteiger partial charge >= 0.3 is 11.9 Å². The highest BCUT2D eigenvalue weighted by molar-refractivity contribution is 5.70. The smallest absolute Gasteiger partial charge is 0.306 e. The van der Waals surface area contributed by atoms with E-state index in [0.717, 1.165) is 44.9 Å². The molecule has 1 saturated heterocycles. The number of aliphatic hydroxyl groups is 4. The Labute approximate surface area is 291 Å². The van der Waals surface area contributed by atoms with Gasteiger partial charge in [0, 0.05) is 12.8 Å². The SMILES string of the molecule is CCCCCCCCCC/C=C/CCCCCC(=O)OC[C@@H](CO[C@H]1O[C@@H](CO)[C@@H](O)C(O)C1O)OC(=O)CCCCCCCCCC. The van der Waals surface area contributed by atoms with E-state index in [1.807, 2.05) is 0 Å². The summed E-state index contributed by atoms with van der Waals surface area (Å²) in [6.45, 7) is 3.35. The lowest BCUT2D eigenvalue weighted by molar-refractivity contribution is -0.305. The van der Waals surface area contributed by atoms with Crippen LogP contribution in [0.2, 0.25) is 0 Å². The second-order valence-corrected chi connectivity index (χ2v) is 13.4. The summed E-state index contributed by atoms with van der Waals surface area (Å²) in [5.41, 5.74) is 0. The standard InChI is InChI=1S/C38H70O10/c1-3-5-7-9-11-13-14-15-16-17-18-19-21-22-24-26-33(40)45-29-31(47-34(41)27-25-23-20-12-10-8-6-4-2)30-46-38-37(44)36(43)35(42)32(28-39)48-38/h17-18,31-32,35-39,42-44H,3-16,19-30H2,1-2H3/b18-17+/t31-,32-,35+,36?,37?,38-/m0/s1. The predicted molar refractivity (Wildman–Crippen MR) is 187 cm³/mol. The number of rotatable bonds is 31. The first-order valence-electron chi connectivity index (χ1n) is 19.3. The molecule has 1 fully saturated rings. The highest BCUT2D eigenvalue weighted by Crippen LogP contribution is 2.22. The van der Waals surface area contributed by atoms with Crippen molar-refractivity contribution in [2.45, 2.75) is 198 Å². The maximum Gasteiger partial charge on any atom is 0.306 e. The molecule has 0 saturated carbocycles. The van der Waals surface area contributed by atoms with Crippen LogP contribution in [0, 0.1) is 0 Å². The van der Waals surface area contributed by atoms with Gasteiger partial charge in [-0.1, -0.05) is 122 Å². The first-order chi connectivity index (χ1) is 23.3. The Morgan fingerprint density at radius 3 is 1.65 bits per heavy atom. The summed E-state index contributed by atoms with van der Waals surface area (Å²) in [4.78, 5) is 25.1. The molecule has 1 aliphatic heterocycles. The number of carbonyl (C=O) groups excluding carboxylic acids is 2. The third-order valence-electron chi connectivity index (χ3n) is 8.90. The van der Waals surface area contributed by atoms with Gasteiger partial charge in [-0.3, -0.25) is 9.59 Å². The third kappa shape index (κ3) is 22.2. The monoisotopic (exact) mass is 686 g/mol. The lowest BCUT2D eigenvalue weighted by atomic mass is 9.99. The molecule has 0 radical (unpaired) electrons. The molecule has 0 aromatic rings. The number of carbonyl (C=O) groups is 2. The van der Waals surface area contributed by atoms with Crippen LogP contribution in [0.25, 0.3) is 0 Å². The highest BCUT2D eigenvalue weighted by Gasteiger charge is 2.44. The van der Waals surface area contributed by atoms with E-state index < -0.39 is 55.4 Å². The van der Waals surface area contributed by atoms with E-state index in [1.165, 1.54) is 77.0 Å². The Bertz CT molecular complexity index is 804. The maximum atomic E-state index is 12.6. The van der Waals surface area contributed by atoms with Crippen molar-refractivity contribution in [1.29, 1.82) is 0 Å². The van der Waals surface area contributed by atoms with Crippen molar-refractivity contribution in [2.75, 3.05) is 19.8 Å². The molecule has 10 heteroatoms. The largest absolute Gasteiger partial charge is 0.462 e. The average Bonchev–Trinajstić information content (AvgIpc) is 3.08. The van der Waals surface area contributed by atoms with E-state index in [2.05, 4.69) is 26.0 Å². The summed E-state index contributed by atoms with van der Waals surface area (Å²) in [6.07, 6.45) is 21.0. The normalized spacial score (nSPS) is 21.8. The Morgan fingerprint density at radius 1 is 0.625 bits per heavy atom. The fraction of sp³-hybridized carbons (Fsp3) is 0.895. The summed E-state index contributed by atoms with van der Waals surface area (Å²) in [5, 5.41) is 39.8. The molecule has 2 unspecified atom stereocenters. The Balaban J connectivity index is 2.37. The summed E-state index contributed by atoms with van der Waals surface area (Å²) < 4.78 is 22.0. The molecule has 0 spiro atoms. The van der Waals surface area contributed by atoms with Gasteiger partial charge in [0.2, 0.25) is 0 Å². The number of hydrogen-bond acceptors (Lipinski definition) is 10. The van der Waals surface area contributed by atoms with Gasteiger partial charge in [-0.25, -0.2) is 0 Å². The molecule has 0 bridgehead atoms. The molecule has 48 heavy (non-hydrogen) atoms. The summed E-state index contributed by atoms with van der Waals surface area (Å²) in [6, 6.07) is 0. The lowest BCUT2D eigenvalue weighted by Gasteiger charge is -2.39. The van der Waals surface area contributed by atoms with Crippen molar-refractivity contribution in [3.63, 3.8) is 0 Å². The van der Waals surface area contributed by atoms with Crippen LogP contribution < -0.4 is 0 Å². The average molecular weight is 687 g/mol. The molecule has 0 amide bonds. The minimum absolute atomic E-state index is 0.221. The maximum absolute atomic E-state index is 12.6. The lowest BCUT2D eigenvalue weighted by Crippen LogP contribution is -2.59. The van der Waals surface area contributed by atoms with E-state index in [9.17, 15) is 30.0 Å². The number of ether oxygens (including phenoxy) is 4. The molecule has 1 rings (SSSR count). The molecule has 282 valence electrons. The van der Waals surface area contributed by atoms with Gasteiger partial charge in [0.05, 0.1) is 13.2 Å². The molecular weight excluding hydrogens is 616 g/mol. The first kappa shape index (κ1) is 44.5. The minimum Gasteiger partial charge on any atom is -0.462 e. The zero-order valence-electron chi connectivity index (χ0n) is 30.2. The minimum atomic E-state index is -1.59. The topological polar surface area (TPSA) is 152 Å². The zero-order valence-corrected chi connectivity index (χ0v) is 30.2. The number of esters is 2. The van der Waals surface area contributed by atoms with E-state index in [4.69, 9.17) is 18.9 Å². The molecule has 4 N–H and O–H groups in total. The molecular formula is C38H70O10. The molecule has 0 aromatic carbocycles. The predicted octanol–water partition coefficient (Wildman–Crippen LogP) is 6.83. The Kier molecular flexibility index (Phi) is 28.0. The van der Waals surface area contributed by atoms with Gasteiger partial charge in [-0.15, -0.1) is 0 Å². The number of unbranched alkanes of at least 4 members (excludes halogenated alkanes) is 18. The molecule has 0 aromatic heterocycles. The van der Waals surface area contributed by atoms with Crippen LogP contribution in [0.4, 0.5) is 0 Å². The van der Waals surface area contributed by atoms with Crippen molar-refractivity contribution in [3.05, 3.63) is 12.2 Å². The number of aliphatic hydroxyl groups excluding tert-OH is 4. The second-order valence-electron chi connectivity index (χ2n) is 13.4. The molecule has 1 heterocycles. The number of hydrogen-bond donors (Lipinski definition) is 4. The van der Waals surface area contributed by atoms with Crippen molar-refractivity contribution in [1.82, 2.24) is 0 Å². The Hall–Kier alpha value is -1.56. The summed E-state index contributed by atoms with van der Waals surface area (Å²) >= 11 is 0. The van der Waals surface area contributed by atoms with Gasteiger partial charge in [-0.05, 0) is 38.5 Å². The molecule has 10 nitrogen and oxygen atoms in total. The summed E-state index contributed by atoms with van der Waals surface area (Å²) in [7, 11) is 0. The van der Waals surface area contributed by atoms with Gasteiger partial charge in [0.25, 0.3) is 0 Å². The zero-order chi connectivity index (χ0) is 35.2. The van der Waals surface area contributed by atoms with Crippen molar-refractivity contribution in [3.8, 4) is 0 Å². The Morgan fingerprint density at radius 2 is 1.10 bits per heavy atom. The fourth-order valence-corrected chi connectivity index (χ4v) is 5.77. The molecule has 0 aliphatic carbocycles. The van der Waals surface area contributed by atoms with Crippen LogP contribution in [-0.4, -0.2) is 89.0 Å². The van der Waals surface area contributed by atoms with E-state index in [0.29, 0.717) is 12.8 Å². The van der Waals surface area contributed by atoms with E-state index in [1.54, 1.807) is 0 Å². The molecule has 6 atom stereocenters. The fourth-order valence-electron chi connectivity index (χ4n) is 5.77. The van der Waals surface area contributed by atoms with Crippen molar-refractivity contribution < 1.29 is 49.0 Å². The van der Waals surface area contributed by atoms with Crippen molar-refractivity contribution >= 4 is 11.9 Å². The van der Waals surface area contributed by atoms with Crippen LogP contribution >= 0.6 is 0 Å². The summed E-state index contributed by atoms with van der Waals surface area (Å²) in [5.74, 6) is -0.827. The quantitative estimate of drug-likeness (QED) is 0.0347. The second kappa shape index (κ2) is 30.3. The van der Waals surface area contributed by atoms with E-state index in [-0.39, 0.29) is 26.1 Å². The van der Waals surface area contributed by atoms with Crippen LogP contribution in [0.1, 0.15) is 162 Å². The molecule has 1 aliphatic rings. The van der Waals surface area contributed by atoms with Crippen LogP contribution in [0.3, 0.4) is 0 Å². The third-order valence-corrected chi connectivity index (χ3v) is 8.90. The van der Waals surface area contributed by atoms with Crippen LogP contribution in [0.15, 0.2) is 12.2 Å². The van der Waals surface area contributed by atoms with Crippen molar-refractivity contribution in [2.24, 2.45) is 0 Å². The van der Waals surface area contributed by atoms with Gasteiger partial charge < -0.3 is 39.4 Å². The van der Waals surface area contributed by atoms with Crippen LogP contribution in [-0.2, 0) is 28.5 Å². The number of allylic oxidation sites excluding steroid dienone is 2. The van der Waals surface area contributed by atoms with Gasteiger partial charge in [-0.2, -0.15) is 0 Å². The van der Waals surface area contributed by atoms with E-state index >= 15 is 0 Å². The highest BCUT2D eigenvalue weighted by atomic mass is 16.7. The van der Waals surface area contributed by atoms with Crippen LogP contribution in [0.5, 0.6) is 0 Å².